The third-order valence-corrected chi connectivity index (χ3v) is 2.91. The second kappa shape index (κ2) is 2.39. The van der Waals surface area contributed by atoms with Crippen LogP contribution in [0.15, 0.2) is 12.2 Å². The first-order chi connectivity index (χ1) is 5.31. The van der Waals surface area contributed by atoms with Crippen molar-refractivity contribution in [3.63, 3.8) is 0 Å². The lowest BCUT2D eigenvalue weighted by molar-refractivity contribution is 0.145. The Kier molecular flexibility index (Phi) is 1.51. The summed E-state index contributed by atoms with van der Waals surface area (Å²) in [6.45, 7) is 0. The molecular weight excluding hydrogens is 136 g/mol. The van der Waals surface area contributed by atoms with E-state index in [1.54, 1.807) is 0 Å². The SMILES string of the molecule is C#CC(O)[C@H]1C[C@H]2C=C[C@@H]1C2. The van der Waals surface area contributed by atoms with Gasteiger partial charge < -0.3 is 5.11 Å². The van der Waals surface area contributed by atoms with Crippen molar-refractivity contribution in [1.29, 1.82) is 0 Å². The maximum Gasteiger partial charge on any atom is 0.117 e. The average molecular weight is 148 g/mol. The highest BCUT2D eigenvalue weighted by molar-refractivity contribution is 5.14. The predicted molar refractivity (Wildman–Crippen MR) is 43.7 cm³/mol. The zero-order chi connectivity index (χ0) is 7.84. The van der Waals surface area contributed by atoms with E-state index in [2.05, 4.69) is 18.1 Å². The number of allylic oxidation sites excluding steroid dienone is 2. The van der Waals surface area contributed by atoms with Crippen LogP contribution >= 0.6 is 0 Å². The van der Waals surface area contributed by atoms with E-state index in [9.17, 15) is 5.11 Å². The first kappa shape index (κ1) is 6.94. The number of hydrogen-bond donors (Lipinski definition) is 1. The molecule has 2 bridgehead atoms. The maximum atomic E-state index is 9.41. The van der Waals surface area contributed by atoms with Gasteiger partial charge in [-0.15, -0.1) is 6.42 Å². The fourth-order valence-electron chi connectivity index (χ4n) is 2.31. The molecule has 1 nitrogen and oxygen atoms in total. The molecule has 0 aliphatic heterocycles. The van der Waals surface area contributed by atoms with Crippen LogP contribution in [0.1, 0.15) is 12.8 Å². The lowest BCUT2D eigenvalue weighted by Gasteiger charge is -2.19. The Hall–Kier alpha value is -0.740. The number of aliphatic hydroxyl groups excluding tert-OH is 1. The van der Waals surface area contributed by atoms with Crippen LogP contribution < -0.4 is 0 Å². The molecule has 0 aromatic carbocycles. The van der Waals surface area contributed by atoms with Crippen molar-refractivity contribution in [2.45, 2.75) is 18.9 Å². The lowest BCUT2D eigenvalue weighted by Crippen LogP contribution is -2.22. The van der Waals surface area contributed by atoms with E-state index in [0.29, 0.717) is 17.8 Å². The molecule has 2 rings (SSSR count). The van der Waals surface area contributed by atoms with Crippen LogP contribution in [0.5, 0.6) is 0 Å². The minimum absolute atomic E-state index is 0.343. The van der Waals surface area contributed by atoms with Crippen LogP contribution in [0.4, 0.5) is 0 Å². The Bertz CT molecular complexity index is 224. The van der Waals surface area contributed by atoms with Crippen LogP contribution in [0, 0.1) is 30.1 Å². The molecule has 58 valence electrons. The molecule has 0 spiro atoms. The minimum Gasteiger partial charge on any atom is -0.380 e. The standard InChI is InChI=1S/C10H12O/c1-2-10(11)9-6-7-3-4-8(9)5-7/h1,3-4,7-11H,5-6H2/t7-,8+,9-,10?/m0/s1. The Morgan fingerprint density at radius 2 is 2.27 bits per heavy atom. The molecule has 2 aliphatic rings. The van der Waals surface area contributed by atoms with E-state index in [1.165, 1.54) is 6.42 Å². The molecule has 1 heteroatoms. The van der Waals surface area contributed by atoms with E-state index in [4.69, 9.17) is 6.42 Å². The minimum atomic E-state index is -0.519. The lowest BCUT2D eigenvalue weighted by atomic mass is 9.89. The highest BCUT2D eigenvalue weighted by atomic mass is 16.3. The summed E-state index contributed by atoms with van der Waals surface area (Å²) in [5.41, 5.74) is 0. The van der Waals surface area contributed by atoms with Gasteiger partial charge in [0.25, 0.3) is 0 Å². The number of hydrogen-bond acceptors (Lipinski definition) is 1. The van der Waals surface area contributed by atoms with Crippen molar-refractivity contribution in [1.82, 2.24) is 0 Å². The Balaban J connectivity index is 2.10. The smallest absolute Gasteiger partial charge is 0.117 e. The summed E-state index contributed by atoms with van der Waals surface area (Å²) >= 11 is 0. The molecule has 1 fully saturated rings. The second-order valence-electron chi connectivity index (χ2n) is 3.56. The van der Waals surface area contributed by atoms with E-state index in [0.717, 1.165) is 6.42 Å². The van der Waals surface area contributed by atoms with Crippen molar-refractivity contribution < 1.29 is 5.11 Å². The van der Waals surface area contributed by atoms with Gasteiger partial charge in [0.2, 0.25) is 0 Å². The molecule has 1 saturated carbocycles. The third-order valence-electron chi connectivity index (χ3n) is 2.91. The summed E-state index contributed by atoms with van der Waals surface area (Å²) in [6, 6.07) is 0. The van der Waals surface area contributed by atoms with E-state index in [1.807, 2.05) is 0 Å². The van der Waals surface area contributed by atoms with E-state index >= 15 is 0 Å². The first-order valence-electron chi connectivity index (χ1n) is 4.14. The first-order valence-corrected chi connectivity index (χ1v) is 4.14. The molecule has 0 aromatic heterocycles. The van der Waals surface area contributed by atoms with Gasteiger partial charge in [0.1, 0.15) is 6.10 Å². The van der Waals surface area contributed by atoms with Gasteiger partial charge >= 0.3 is 0 Å². The molecule has 0 saturated heterocycles. The molecule has 0 radical (unpaired) electrons. The van der Waals surface area contributed by atoms with Crippen LogP contribution in [-0.4, -0.2) is 11.2 Å². The zero-order valence-electron chi connectivity index (χ0n) is 6.40. The van der Waals surface area contributed by atoms with Crippen LogP contribution in [-0.2, 0) is 0 Å². The fraction of sp³-hybridized carbons (Fsp3) is 0.600. The molecule has 11 heavy (non-hydrogen) atoms. The molecule has 0 aromatic rings. The summed E-state index contributed by atoms with van der Waals surface area (Å²) in [7, 11) is 0. The number of fused-ring (bicyclic) bond motifs is 2. The van der Waals surface area contributed by atoms with Crippen molar-refractivity contribution in [2.24, 2.45) is 17.8 Å². The fourth-order valence-corrected chi connectivity index (χ4v) is 2.31. The molecule has 2 aliphatic carbocycles. The highest BCUT2D eigenvalue weighted by Crippen LogP contribution is 2.44. The summed E-state index contributed by atoms with van der Waals surface area (Å²) in [4.78, 5) is 0. The quantitative estimate of drug-likeness (QED) is 0.437. The Morgan fingerprint density at radius 3 is 2.73 bits per heavy atom. The van der Waals surface area contributed by atoms with Crippen LogP contribution in [0.25, 0.3) is 0 Å². The molecule has 1 unspecified atom stereocenters. The highest BCUT2D eigenvalue weighted by Gasteiger charge is 2.38. The van der Waals surface area contributed by atoms with Gasteiger partial charge in [0, 0.05) is 5.92 Å². The molecule has 0 heterocycles. The van der Waals surface area contributed by atoms with Gasteiger partial charge in [-0.1, -0.05) is 18.1 Å². The van der Waals surface area contributed by atoms with Gasteiger partial charge in [-0.25, -0.2) is 0 Å². The van der Waals surface area contributed by atoms with E-state index in [-0.39, 0.29) is 0 Å². The summed E-state index contributed by atoms with van der Waals surface area (Å²) < 4.78 is 0. The maximum absolute atomic E-state index is 9.41. The summed E-state index contributed by atoms with van der Waals surface area (Å²) in [6.07, 6.45) is 11.4. The van der Waals surface area contributed by atoms with Gasteiger partial charge in [-0.2, -0.15) is 0 Å². The second-order valence-corrected chi connectivity index (χ2v) is 3.56. The van der Waals surface area contributed by atoms with Crippen molar-refractivity contribution in [2.75, 3.05) is 0 Å². The van der Waals surface area contributed by atoms with Crippen molar-refractivity contribution >= 4 is 0 Å². The monoisotopic (exact) mass is 148 g/mol. The summed E-state index contributed by atoms with van der Waals surface area (Å²) in [5, 5.41) is 9.41. The van der Waals surface area contributed by atoms with Crippen molar-refractivity contribution in [3.05, 3.63) is 12.2 Å². The Morgan fingerprint density at radius 1 is 1.45 bits per heavy atom. The largest absolute Gasteiger partial charge is 0.380 e. The van der Waals surface area contributed by atoms with Crippen LogP contribution in [0.3, 0.4) is 0 Å². The topological polar surface area (TPSA) is 20.2 Å². The number of terminal acetylenes is 1. The van der Waals surface area contributed by atoms with Gasteiger partial charge in [0.15, 0.2) is 0 Å². The van der Waals surface area contributed by atoms with Gasteiger partial charge in [-0.05, 0) is 24.7 Å². The number of aliphatic hydroxyl groups is 1. The average Bonchev–Trinajstić information content (AvgIpc) is 2.62. The summed E-state index contributed by atoms with van der Waals surface area (Å²) in [5.74, 6) is 4.02. The molecular formula is C10H12O. The molecule has 0 amide bonds. The van der Waals surface area contributed by atoms with Crippen LogP contribution in [0.2, 0.25) is 0 Å². The van der Waals surface area contributed by atoms with Gasteiger partial charge in [-0.3, -0.25) is 0 Å². The number of rotatable bonds is 1. The van der Waals surface area contributed by atoms with Crippen molar-refractivity contribution in [3.8, 4) is 12.3 Å². The molecule has 1 N–H and O–H groups in total. The predicted octanol–water partition coefficient (Wildman–Crippen LogP) is 1.19. The molecule has 4 atom stereocenters. The van der Waals surface area contributed by atoms with E-state index < -0.39 is 6.10 Å². The third kappa shape index (κ3) is 0.985. The zero-order valence-corrected chi connectivity index (χ0v) is 6.40. The Labute approximate surface area is 67.1 Å². The van der Waals surface area contributed by atoms with Gasteiger partial charge in [0.05, 0.1) is 0 Å². The normalized spacial score (nSPS) is 42.4.